The van der Waals surface area contributed by atoms with Crippen molar-refractivity contribution in [2.75, 3.05) is 5.32 Å². The van der Waals surface area contributed by atoms with Gasteiger partial charge in [-0.1, -0.05) is 20.8 Å². The minimum absolute atomic E-state index is 0.236. The normalized spacial score (nSPS) is 12.5. The number of halogens is 2. The second kappa shape index (κ2) is 8.28. The van der Waals surface area contributed by atoms with Crippen LogP contribution in [0.1, 0.15) is 33.4 Å². The number of amides is 1. The third-order valence-electron chi connectivity index (χ3n) is 4.04. The van der Waals surface area contributed by atoms with Crippen molar-refractivity contribution < 1.29 is 13.9 Å². The zero-order valence-corrected chi connectivity index (χ0v) is 18.1. The van der Waals surface area contributed by atoms with E-state index in [1.807, 2.05) is 20.8 Å². The summed E-state index contributed by atoms with van der Waals surface area (Å²) in [5.41, 5.74) is 0.538. The molecular weight excluding hydrogens is 441 g/mol. The minimum Gasteiger partial charge on any atom is -0.480 e. The monoisotopic (exact) mass is 461 g/mol. The van der Waals surface area contributed by atoms with Crippen LogP contribution < -0.4 is 10.1 Å². The maximum absolute atomic E-state index is 13.2. The molecule has 1 aromatic carbocycles. The maximum Gasteiger partial charge on any atom is 0.266 e. The predicted molar refractivity (Wildman–Crippen MR) is 111 cm³/mol. The van der Waals surface area contributed by atoms with E-state index in [1.54, 1.807) is 31.5 Å². The number of carbonyl (C=O) groups excluding carboxylic acids is 1. The molecule has 7 nitrogen and oxygen atoms in total. The summed E-state index contributed by atoms with van der Waals surface area (Å²) in [6.45, 7) is 7.67. The largest absolute Gasteiger partial charge is 0.480 e. The van der Waals surface area contributed by atoms with E-state index < -0.39 is 17.8 Å². The minimum atomic E-state index is -0.838. The van der Waals surface area contributed by atoms with Gasteiger partial charge in [0.25, 0.3) is 11.9 Å². The van der Waals surface area contributed by atoms with Gasteiger partial charge in [-0.15, -0.1) is 0 Å². The SMILES string of the molecule is CC(Oc1ccc(F)cc1Br)C(=O)Nc1cc(C(C)(C)C)nn1-c1ncccn1. The molecule has 0 saturated heterocycles. The fraction of sp³-hybridized carbons (Fsp3) is 0.300. The van der Waals surface area contributed by atoms with Crippen LogP contribution >= 0.6 is 15.9 Å². The van der Waals surface area contributed by atoms with Crippen molar-refractivity contribution in [2.24, 2.45) is 0 Å². The molecule has 1 atom stereocenters. The Morgan fingerprint density at radius 1 is 1.24 bits per heavy atom. The van der Waals surface area contributed by atoms with Gasteiger partial charge in [-0.25, -0.2) is 14.4 Å². The topological polar surface area (TPSA) is 81.9 Å². The lowest BCUT2D eigenvalue weighted by Gasteiger charge is -2.16. The van der Waals surface area contributed by atoms with Crippen LogP contribution in [0.25, 0.3) is 5.95 Å². The van der Waals surface area contributed by atoms with Crippen LogP contribution in [0.3, 0.4) is 0 Å². The first-order valence-electron chi connectivity index (χ1n) is 8.95. The third-order valence-corrected chi connectivity index (χ3v) is 4.66. The molecule has 2 heterocycles. The molecule has 0 aliphatic rings. The Kier molecular flexibility index (Phi) is 5.97. The van der Waals surface area contributed by atoms with Crippen LogP contribution in [-0.4, -0.2) is 31.8 Å². The summed E-state index contributed by atoms with van der Waals surface area (Å²) < 4.78 is 20.8. The summed E-state index contributed by atoms with van der Waals surface area (Å²) in [4.78, 5) is 21.1. The van der Waals surface area contributed by atoms with Crippen LogP contribution in [0.4, 0.5) is 10.2 Å². The van der Waals surface area contributed by atoms with Crippen LogP contribution in [0.2, 0.25) is 0 Å². The summed E-state index contributed by atoms with van der Waals surface area (Å²) >= 11 is 3.23. The smallest absolute Gasteiger partial charge is 0.266 e. The lowest BCUT2D eigenvalue weighted by Crippen LogP contribution is -2.31. The number of ether oxygens (including phenoxy) is 1. The summed E-state index contributed by atoms with van der Waals surface area (Å²) in [5.74, 6) is 0.346. The molecule has 1 unspecified atom stereocenters. The molecule has 9 heteroatoms. The van der Waals surface area contributed by atoms with Crippen molar-refractivity contribution >= 4 is 27.7 Å². The van der Waals surface area contributed by atoms with Gasteiger partial charge in [-0.2, -0.15) is 9.78 Å². The summed E-state index contributed by atoms with van der Waals surface area (Å²) in [5, 5.41) is 7.38. The highest BCUT2D eigenvalue weighted by Gasteiger charge is 2.24. The summed E-state index contributed by atoms with van der Waals surface area (Å²) in [7, 11) is 0. The molecule has 0 aliphatic heterocycles. The molecule has 0 spiro atoms. The number of aromatic nitrogens is 4. The molecule has 0 saturated carbocycles. The van der Waals surface area contributed by atoms with Gasteiger partial charge >= 0.3 is 0 Å². The Balaban J connectivity index is 1.84. The first-order valence-corrected chi connectivity index (χ1v) is 9.75. The van der Waals surface area contributed by atoms with E-state index in [2.05, 4.69) is 36.3 Å². The quantitative estimate of drug-likeness (QED) is 0.613. The summed E-state index contributed by atoms with van der Waals surface area (Å²) in [6, 6.07) is 7.49. The molecule has 2 aromatic heterocycles. The average Bonchev–Trinajstić information content (AvgIpc) is 3.09. The third kappa shape index (κ3) is 4.97. The first kappa shape index (κ1) is 20.9. The molecule has 0 bridgehead atoms. The molecule has 0 radical (unpaired) electrons. The van der Waals surface area contributed by atoms with Gasteiger partial charge in [-0.05, 0) is 47.1 Å². The van der Waals surface area contributed by atoms with Crippen molar-refractivity contribution in [3.8, 4) is 11.7 Å². The van der Waals surface area contributed by atoms with Gasteiger partial charge in [-0.3, -0.25) is 4.79 Å². The van der Waals surface area contributed by atoms with Crippen molar-refractivity contribution in [1.29, 1.82) is 0 Å². The van der Waals surface area contributed by atoms with E-state index in [4.69, 9.17) is 4.74 Å². The van der Waals surface area contributed by atoms with Gasteiger partial charge in [0.05, 0.1) is 10.2 Å². The fourth-order valence-corrected chi connectivity index (χ4v) is 2.88. The Morgan fingerprint density at radius 3 is 2.55 bits per heavy atom. The molecule has 29 heavy (non-hydrogen) atoms. The maximum atomic E-state index is 13.2. The molecule has 1 amide bonds. The lowest BCUT2D eigenvalue weighted by atomic mass is 9.92. The van der Waals surface area contributed by atoms with Gasteiger partial charge in [0, 0.05) is 23.9 Å². The van der Waals surface area contributed by atoms with Crippen LogP contribution in [0.5, 0.6) is 5.75 Å². The molecule has 3 rings (SSSR count). The first-order chi connectivity index (χ1) is 13.6. The zero-order chi connectivity index (χ0) is 21.2. The Labute approximate surface area is 176 Å². The second-order valence-electron chi connectivity index (χ2n) is 7.45. The number of hydrogen-bond acceptors (Lipinski definition) is 5. The number of nitrogens with one attached hydrogen (secondary N) is 1. The number of carbonyl (C=O) groups is 1. The predicted octanol–water partition coefficient (Wildman–Crippen LogP) is 4.27. The van der Waals surface area contributed by atoms with Gasteiger partial charge in [0.15, 0.2) is 6.10 Å². The average molecular weight is 462 g/mol. The highest BCUT2D eigenvalue weighted by atomic mass is 79.9. The zero-order valence-electron chi connectivity index (χ0n) is 16.5. The summed E-state index contributed by atoms with van der Waals surface area (Å²) in [6.07, 6.45) is 2.36. The van der Waals surface area contributed by atoms with E-state index >= 15 is 0 Å². The number of rotatable bonds is 5. The Morgan fingerprint density at radius 2 is 1.93 bits per heavy atom. The second-order valence-corrected chi connectivity index (χ2v) is 8.30. The molecular formula is C20H21BrFN5O2. The number of nitrogens with zero attached hydrogens (tertiary/aromatic N) is 4. The van der Waals surface area contributed by atoms with Crippen LogP contribution in [-0.2, 0) is 10.2 Å². The van der Waals surface area contributed by atoms with E-state index in [-0.39, 0.29) is 5.41 Å². The molecule has 0 fully saturated rings. The number of benzene rings is 1. The van der Waals surface area contributed by atoms with Crippen molar-refractivity contribution in [1.82, 2.24) is 19.7 Å². The molecule has 152 valence electrons. The Bertz CT molecular complexity index is 1020. The standard InChI is InChI=1S/C20H21BrFN5O2/c1-12(29-15-7-6-13(22)10-14(15)21)18(28)25-17-11-16(20(2,3)4)26-27(17)19-23-8-5-9-24-19/h5-12H,1-4H3,(H,25,28). The fourth-order valence-electron chi connectivity index (χ4n) is 2.43. The number of anilines is 1. The Hall–Kier alpha value is -2.81. The van der Waals surface area contributed by atoms with Crippen LogP contribution in [0.15, 0.2) is 47.2 Å². The highest BCUT2D eigenvalue weighted by Crippen LogP contribution is 2.28. The van der Waals surface area contributed by atoms with E-state index in [0.717, 1.165) is 5.69 Å². The molecule has 3 aromatic rings. The number of hydrogen-bond donors (Lipinski definition) is 1. The van der Waals surface area contributed by atoms with Crippen molar-refractivity contribution in [3.05, 3.63) is 58.7 Å². The van der Waals surface area contributed by atoms with E-state index in [9.17, 15) is 9.18 Å². The van der Waals surface area contributed by atoms with Crippen molar-refractivity contribution in [3.63, 3.8) is 0 Å². The highest BCUT2D eigenvalue weighted by molar-refractivity contribution is 9.10. The lowest BCUT2D eigenvalue weighted by molar-refractivity contribution is -0.122. The van der Waals surface area contributed by atoms with E-state index in [0.29, 0.717) is 22.0 Å². The van der Waals surface area contributed by atoms with E-state index in [1.165, 1.54) is 22.9 Å². The molecule has 0 aliphatic carbocycles. The van der Waals surface area contributed by atoms with Gasteiger partial charge < -0.3 is 10.1 Å². The molecule has 1 N–H and O–H groups in total. The van der Waals surface area contributed by atoms with Crippen LogP contribution in [0, 0.1) is 5.82 Å². The van der Waals surface area contributed by atoms with Crippen molar-refractivity contribution in [2.45, 2.75) is 39.2 Å². The van der Waals surface area contributed by atoms with Gasteiger partial charge in [0.2, 0.25) is 0 Å². The van der Waals surface area contributed by atoms with Gasteiger partial charge in [0.1, 0.15) is 17.4 Å².